The number of benzene rings is 1. The molecule has 104 valence electrons. The molecule has 0 amide bonds. The summed E-state index contributed by atoms with van der Waals surface area (Å²) < 4.78 is 5.47. The fourth-order valence-electron chi connectivity index (χ4n) is 2.33. The lowest BCUT2D eigenvalue weighted by Gasteiger charge is -2.22. The van der Waals surface area contributed by atoms with Gasteiger partial charge in [0.25, 0.3) is 0 Å². The number of hydrogen-bond acceptors (Lipinski definition) is 4. The van der Waals surface area contributed by atoms with E-state index in [9.17, 15) is 0 Å². The van der Waals surface area contributed by atoms with E-state index in [0.717, 1.165) is 30.2 Å². The van der Waals surface area contributed by atoms with Crippen molar-refractivity contribution in [2.75, 3.05) is 19.8 Å². The van der Waals surface area contributed by atoms with Crippen molar-refractivity contribution in [3.8, 4) is 11.3 Å². The quantitative estimate of drug-likeness (QED) is 0.909. The number of nitrogens with one attached hydrogen (secondary N) is 1. The first-order valence-electron chi connectivity index (χ1n) is 6.96. The van der Waals surface area contributed by atoms with E-state index in [2.05, 4.69) is 47.3 Å². The predicted octanol–water partition coefficient (Wildman–Crippen LogP) is 2.42. The molecular weight excluding hydrogens is 250 g/mol. The maximum absolute atomic E-state index is 5.47. The standard InChI is InChI=1S/C16H19N3O/c1-11-3-4-13(9-12(11)2)14-5-6-18-16(19-14)15-10-20-8-7-17-15/h3-6,9,15,17H,7-8,10H2,1-2H3. The summed E-state index contributed by atoms with van der Waals surface area (Å²) in [6.07, 6.45) is 1.82. The molecule has 20 heavy (non-hydrogen) atoms. The first-order valence-corrected chi connectivity index (χ1v) is 6.96. The second kappa shape index (κ2) is 5.69. The summed E-state index contributed by atoms with van der Waals surface area (Å²) in [4.78, 5) is 9.06. The van der Waals surface area contributed by atoms with Crippen molar-refractivity contribution in [3.05, 3.63) is 47.4 Å². The zero-order valence-electron chi connectivity index (χ0n) is 11.9. The molecule has 0 bridgehead atoms. The first-order chi connectivity index (χ1) is 9.74. The first kappa shape index (κ1) is 13.2. The van der Waals surface area contributed by atoms with E-state index < -0.39 is 0 Å². The van der Waals surface area contributed by atoms with E-state index in [1.165, 1.54) is 11.1 Å². The summed E-state index contributed by atoms with van der Waals surface area (Å²) in [7, 11) is 0. The molecule has 1 unspecified atom stereocenters. The molecule has 3 rings (SSSR count). The van der Waals surface area contributed by atoms with Gasteiger partial charge < -0.3 is 10.1 Å². The lowest BCUT2D eigenvalue weighted by molar-refractivity contribution is 0.0742. The van der Waals surface area contributed by atoms with E-state index in [4.69, 9.17) is 4.74 Å². The van der Waals surface area contributed by atoms with Gasteiger partial charge in [0.1, 0.15) is 5.82 Å². The maximum Gasteiger partial charge on any atom is 0.148 e. The van der Waals surface area contributed by atoms with Crippen LogP contribution in [0.1, 0.15) is 23.0 Å². The minimum Gasteiger partial charge on any atom is -0.378 e. The molecule has 4 nitrogen and oxygen atoms in total. The molecular formula is C16H19N3O. The molecule has 0 radical (unpaired) electrons. The third-order valence-electron chi connectivity index (χ3n) is 3.71. The van der Waals surface area contributed by atoms with Crippen molar-refractivity contribution in [1.29, 1.82) is 0 Å². The summed E-state index contributed by atoms with van der Waals surface area (Å²) in [5, 5.41) is 3.38. The minimum absolute atomic E-state index is 0.0928. The summed E-state index contributed by atoms with van der Waals surface area (Å²) >= 11 is 0. The Hall–Kier alpha value is -1.78. The molecule has 1 aromatic carbocycles. The van der Waals surface area contributed by atoms with E-state index in [-0.39, 0.29) is 6.04 Å². The molecule has 2 heterocycles. The van der Waals surface area contributed by atoms with Gasteiger partial charge in [0.15, 0.2) is 0 Å². The molecule has 1 saturated heterocycles. The van der Waals surface area contributed by atoms with Crippen LogP contribution in [-0.2, 0) is 4.74 Å². The Bertz CT molecular complexity index is 606. The van der Waals surface area contributed by atoms with E-state index in [0.29, 0.717) is 6.61 Å². The third-order valence-corrected chi connectivity index (χ3v) is 3.71. The van der Waals surface area contributed by atoms with Crippen LogP contribution < -0.4 is 5.32 Å². The lowest BCUT2D eigenvalue weighted by Crippen LogP contribution is -2.35. The smallest absolute Gasteiger partial charge is 0.148 e. The topological polar surface area (TPSA) is 47.0 Å². The van der Waals surface area contributed by atoms with E-state index >= 15 is 0 Å². The summed E-state index contributed by atoms with van der Waals surface area (Å²) in [5.74, 6) is 0.806. The van der Waals surface area contributed by atoms with Crippen molar-refractivity contribution in [3.63, 3.8) is 0 Å². The molecule has 4 heteroatoms. The van der Waals surface area contributed by atoms with Gasteiger partial charge in [0.2, 0.25) is 0 Å². The van der Waals surface area contributed by atoms with Crippen LogP contribution in [0.4, 0.5) is 0 Å². The number of morpholine rings is 1. The Labute approximate surface area is 119 Å². The largest absolute Gasteiger partial charge is 0.378 e. The Morgan fingerprint density at radius 1 is 1.20 bits per heavy atom. The Kier molecular flexibility index (Phi) is 3.76. The number of hydrogen-bond donors (Lipinski definition) is 1. The van der Waals surface area contributed by atoms with Gasteiger partial charge >= 0.3 is 0 Å². The molecule has 1 aliphatic rings. The molecule has 1 fully saturated rings. The van der Waals surface area contributed by atoms with E-state index in [1.54, 1.807) is 0 Å². The van der Waals surface area contributed by atoms with Crippen LogP contribution in [0.2, 0.25) is 0 Å². The Morgan fingerprint density at radius 2 is 2.10 bits per heavy atom. The maximum atomic E-state index is 5.47. The normalized spacial score (nSPS) is 19.0. The van der Waals surface area contributed by atoms with Crippen molar-refractivity contribution >= 4 is 0 Å². The number of aryl methyl sites for hydroxylation is 2. The summed E-state index contributed by atoms with van der Waals surface area (Å²) in [6.45, 7) is 6.48. The second-order valence-corrected chi connectivity index (χ2v) is 5.18. The molecule has 1 aliphatic heterocycles. The highest BCUT2D eigenvalue weighted by atomic mass is 16.5. The highest BCUT2D eigenvalue weighted by Gasteiger charge is 2.18. The van der Waals surface area contributed by atoms with Gasteiger partial charge in [-0.1, -0.05) is 12.1 Å². The van der Waals surface area contributed by atoms with Crippen LogP contribution >= 0.6 is 0 Å². The molecule has 0 saturated carbocycles. The van der Waals surface area contributed by atoms with Gasteiger partial charge in [-0.3, -0.25) is 0 Å². The summed E-state index contributed by atoms with van der Waals surface area (Å²) in [5.41, 5.74) is 4.67. The van der Waals surface area contributed by atoms with Crippen LogP contribution in [0.25, 0.3) is 11.3 Å². The Morgan fingerprint density at radius 3 is 2.85 bits per heavy atom. The highest BCUT2D eigenvalue weighted by molar-refractivity contribution is 5.60. The van der Waals surface area contributed by atoms with Crippen LogP contribution in [0.3, 0.4) is 0 Å². The van der Waals surface area contributed by atoms with Crippen molar-refractivity contribution in [2.24, 2.45) is 0 Å². The zero-order valence-corrected chi connectivity index (χ0v) is 11.9. The number of aromatic nitrogens is 2. The van der Waals surface area contributed by atoms with Crippen molar-refractivity contribution in [1.82, 2.24) is 15.3 Å². The van der Waals surface area contributed by atoms with Gasteiger partial charge in [-0.05, 0) is 37.1 Å². The Balaban J connectivity index is 1.91. The van der Waals surface area contributed by atoms with Crippen molar-refractivity contribution < 1.29 is 4.74 Å². The molecule has 1 N–H and O–H groups in total. The fraction of sp³-hybridized carbons (Fsp3) is 0.375. The number of nitrogens with zero attached hydrogens (tertiary/aromatic N) is 2. The minimum atomic E-state index is 0.0928. The third kappa shape index (κ3) is 2.71. The van der Waals surface area contributed by atoms with Crippen LogP contribution in [0.15, 0.2) is 30.5 Å². The number of ether oxygens (including phenoxy) is 1. The zero-order chi connectivity index (χ0) is 13.9. The number of rotatable bonds is 2. The van der Waals surface area contributed by atoms with Gasteiger partial charge in [0.05, 0.1) is 24.9 Å². The second-order valence-electron chi connectivity index (χ2n) is 5.18. The highest BCUT2D eigenvalue weighted by Crippen LogP contribution is 2.21. The lowest BCUT2D eigenvalue weighted by atomic mass is 10.0. The molecule has 1 aromatic heterocycles. The van der Waals surface area contributed by atoms with E-state index in [1.807, 2.05) is 12.3 Å². The van der Waals surface area contributed by atoms with Crippen LogP contribution in [0.5, 0.6) is 0 Å². The SMILES string of the molecule is Cc1ccc(-c2ccnc(C3COCCN3)n2)cc1C. The van der Waals surface area contributed by atoms with Gasteiger partial charge in [-0.15, -0.1) is 0 Å². The fourth-order valence-corrected chi connectivity index (χ4v) is 2.33. The average molecular weight is 269 g/mol. The van der Waals surface area contributed by atoms with Crippen LogP contribution in [0, 0.1) is 13.8 Å². The van der Waals surface area contributed by atoms with Gasteiger partial charge in [-0.25, -0.2) is 9.97 Å². The summed E-state index contributed by atoms with van der Waals surface area (Å²) in [6, 6.07) is 8.47. The predicted molar refractivity (Wildman–Crippen MR) is 78.5 cm³/mol. The van der Waals surface area contributed by atoms with Gasteiger partial charge in [-0.2, -0.15) is 0 Å². The molecule has 2 aromatic rings. The van der Waals surface area contributed by atoms with Gasteiger partial charge in [0, 0.05) is 18.3 Å². The molecule has 0 spiro atoms. The molecule has 1 atom stereocenters. The monoisotopic (exact) mass is 269 g/mol. The average Bonchev–Trinajstić information content (AvgIpc) is 2.51. The van der Waals surface area contributed by atoms with Crippen LogP contribution in [-0.4, -0.2) is 29.7 Å². The molecule has 0 aliphatic carbocycles. The van der Waals surface area contributed by atoms with Crippen molar-refractivity contribution in [2.45, 2.75) is 19.9 Å².